The molecule has 0 amide bonds. The van der Waals surface area contributed by atoms with Crippen LogP contribution in [-0.2, 0) is 32.1 Å². The van der Waals surface area contributed by atoms with Gasteiger partial charge in [-0.15, -0.1) is 0 Å². The third-order valence-electron chi connectivity index (χ3n) is 4.20. The Labute approximate surface area is 128 Å². The fourth-order valence-corrected chi connectivity index (χ4v) is 3.06. The Morgan fingerprint density at radius 2 is 1.41 bits per heavy atom. The number of hydrogen-bond donors (Lipinski definition) is 0. The predicted octanol–water partition coefficient (Wildman–Crippen LogP) is 4.44. The van der Waals surface area contributed by atoms with Crippen molar-refractivity contribution < 1.29 is 13.2 Å². The van der Waals surface area contributed by atoms with E-state index in [0.717, 1.165) is 30.5 Å². The van der Waals surface area contributed by atoms with Crippen LogP contribution in [-0.4, -0.2) is 11.9 Å². The molecule has 22 heavy (non-hydrogen) atoms. The molecular formula is C18H18F3N. The average Bonchev–Trinajstić information content (AvgIpc) is 2.52. The zero-order valence-corrected chi connectivity index (χ0v) is 12.5. The van der Waals surface area contributed by atoms with Crippen LogP contribution in [0.5, 0.6) is 0 Å². The molecule has 0 aliphatic carbocycles. The Bertz CT molecular complexity index is 676. The minimum atomic E-state index is -4.28. The normalized spacial score (nSPS) is 16.2. The van der Waals surface area contributed by atoms with Crippen LogP contribution in [0.2, 0.25) is 0 Å². The van der Waals surface area contributed by atoms with E-state index in [-0.39, 0.29) is 0 Å². The van der Waals surface area contributed by atoms with E-state index in [4.69, 9.17) is 0 Å². The molecule has 1 nitrogen and oxygen atoms in total. The Balaban J connectivity index is 1.98. The van der Waals surface area contributed by atoms with Crippen molar-refractivity contribution >= 4 is 0 Å². The van der Waals surface area contributed by atoms with Gasteiger partial charge in [0.2, 0.25) is 0 Å². The summed E-state index contributed by atoms with van der Waals surface area (Å²) in [6.07, 6.45) is -2.64. The molecule has 0 fully saturated rings. The standard InChI is InChI=1S/C18H18F3N/c1-22-11-15-5-3-2-4-13(15)6-7-14-8-9-17(18(19,20)21)10-16(14)12-22/h2-5,8-10H,6-7,11-12H2,1H3. The molecule has 1 aliphatic heterocycles. The summed E-state index contributed by atoms with van der Waals surface area (Å²) in [5.74, 6) is 0. The van der Waals surface area contributed by atoms with Gasteiger partial charge in [0.25, 0.3) is 0 Å². The summed E-state index contributed by atoms with van der Waals surface area (Å²) in [4.78, 5) is 2.07. The third kappa shape index (κ3) is 3.17. The number of alkyl halides is 3. The molecule has 0 radical (unpaired) electrons. The molecule has 3 rings (SSSR count). The van der Waals surface area contributed by atoms with Gasteiger partial charge in [0.05, 0.1) is 5.56 Å². The van der Waals surface area contributed by atoms with Crippen LogP contribution in [0.1, 0.15) is 27.8 Å². The van der Waals surface area contributed by atoms with Gasteiger partial charge in [0.15, 0.2) is 0 Å². The van der Waals surface area contributed by atoms with Gasteiger partial charge < -0.3 is 0 Å². The summed E-state index contributed by atoms with van der Waals surface area (Å²) in [5.41, 5.74) is 3.77. The van der Waals surface area contributed by atoms with Gasteiger partial charge in [-0.1, -0.05) is 30.3 Å². The Morgan fingerprint density at radius 3 is 2.09 bits per heavy atom. The van der Waals surface area contributed by atoms with E-state index in [2.05, 4.69) is 17.0 Å². The number of fused-ring (bicyclic) bond motifs is 2. The van der Waals surface area contributed by atoms with Gasteiger partial charge in [0, 0.05) is 13.1 Å². The molecule has 0 spiro atoms. The molecular weight excluding hydrogens is 287 g/mol. The molecule has 0 unspecified atom stereocenters. The minimum Gasteiger partial charge on any atom is -0.298 e. The quantitative estimate of drug-likeness (QED) is 0.695. The Hall–Kier alpha value is -1.81. The van der Waals surface area contributed by atoms with E-state index in [1.165, 1.54) is 23.3 Å². The van der Waals surface area contributed by atoms with Gasteiger partial charge >= 0.3 is 6.18 Å². The second kappa shape index (κ2) is 5.76. The topological polar surface area (TPSA) is 3.24 Å². The molecule has 0 saturated heterocycles. The maximum Gasteiger partial charge on any atom is 0.416 e. The summed E-state index contributed by atoms with van der Waals surface area (Å²) in [7, 11) is 1.95. The molecule has 0 bridgehead atoms. The predicted molar refractivity (Wildman–Crippen MR) is 80.5 cm³/mol. The lowest BCUT2D eigenvalue weighted by Crippen LogP contribution is -2.18. The molecule has 0 saturated carbocycles. The van der Waals surface area contributed by atoms with Crippen LogP contribution < -0.4 is 0 Å². The molecule has 0 N–H and O–H groups in total. The first kappa shape index (κ1) is 15.1. The second-order valence-electron chi connectivity index (χ2n) is 5.92. The number of nitrogens with zero attached hydrogens (tertiary/aromatic N) is 1. The summed E-state index contributed by atoms with van der Waals surface area (Å²) in [6, 6.07) is 12.4. The summed E-state index contributed by atoms with van der Waals surface area (Å²) in [6.45, 7) is 1.29. The first-order valence-electron chi connectivity index (χ1n) is 7.38. The average molecular weight is 305 g/mol. The van der Waals surface area contributed by atoms with Crippen LogP contribution in [0.3, 0.4) is 0 Å². The van der Waals surface area contributed by atoms with E-state index in [9.17, 15) is 13.2 Å². The van der Waals surface area contributed by atoms with Gasteiger partial charge in [0.1, 0.15) is 0 Å². The van der Waals surface area contributed by atoms with Crippen LogP contribution >= 0.6 is 0 Å². The highest BCUT2D eigenvalue weighted by Gasteiger charge is 2.31. The van der Waals surface area contributed by atoms with Crippen molar-refractivity contribution in [2.75, 3.05) is 7.05 Å². The van der Waals surface area contributed by atoms with Crippen molar-refractivity contribution in [1.29, 1.82) is 0 Å². The van der Waals surface area contributed by atoms with Crippen LogP contribution in [0.25, 0.3) is 0 Å². The fraction of sp³-hybridized carbons (Fsp3) is 0.333. The molecule has 2 aromatic rings. The highest BCUT2D eigenvalue weighted by Crippen LogP contribution is 2.32. The summed E-state index contributed by atoms with van der Waals surface area (Å²) < 4.78 is 38.8. The molecule has 1 heterocycles. The number of hydrogen-bond acceptors (Lipinski definition) is 1. The zero-order valence-electron chi connectivity index (χ0n) is 12.5. The fourth-order valence-electron chi connectivity index (χ4n) is 3.06. The lowest BCUT2D eigenvalue weighted by molar-refractivity contribution is -0.137. The SMILES string of the molecule is CN1Cc2ccccc2CCc2ccc(C(F)(F)F)cc2C1. The second-order valence-corrected chi connectivity index (χ2v) is 5.92. The largest absolute Gasteiger partial charge is 0.416 e. The van der Waals surface area contributed by atoms with Crippen molar-refractivity contribution in [3.8, 4) is 0 Å². The van der Waals surface area contributed by atoms with Gasteiger partial charge in [-0.2, -0.15) is 13.2 Å². The van der Waals surface area contributed by atoms with Crippen molar-refractivity contribution in [2.24, 2.45) is 0 Å². The maximum atomic E-state index is 12.9. The first-order valence-corrected chi connectivity index (χ1v) is 7.38. The zero-order chi connectivity index (χ0) is 15.7. The highest BCUT2D eigenvalue weighted by atomic mass is 19.4. The van der Waals surface area contributed by atoms with Crippen molar-refractivity contribution in [1.82, 2.24) is 4.90 Å². The lowest BCUT2D eigenvalue weighted by Gasteiger charge is -2.19. The van der Waals surface area contributed by atoms with Crippen LogP contribution in [0.4, 0.5) is 13.2 Å². The monoisotopic (exact) mass is 305 g/mol. The van der Waals surface area contributed by atoms with Gasteiger partial charge in [-0.05, 0) is 54.3 Å². The van der Waals surface area contributed by atoms with Crippen molar-refractivity contribution in [3.05, 3.63) is 70.3 Å². The van der Waals surface area contributed by atoms with E-state index >= 15 is 0 Å². The molecule has 4 heteroatoms. The molecule has 0 atom stereocenters. The highest BCUT2D eigenvalue weighted by molar-refractivity contribution is 5.36. The Morgan fingerprint density at radius 1 is 0.818 bits per heavy atom. The number of aryl methyl sites for hydroxylation is 2. The van der Waals surface area contributed by atoms with Crippen molar-refractivity contribution in [3.63, 3.8) is 0 Å². The van der Waals surface area contributed by atoms with Gasteiger partial charge in [-0.25, -0.2) is 0 Å². The van der Waals surface area contributed by atoms with E-state index in [1.807, 2.05) is 19.2 Å². The molecule has 116 valence electrons. The third-order valence-corrected chi connectivity index (χ3v) is 4.20. The van der Waals surface area contributed by atoms with E-state index < -0.39 is 11.7 Å². The maximum absolute atomic E-state index is 12.9. The van der Waals surface area contributed by atoms with E-state index in [0.29, 0.717) is 6.54 Å². The summed E-state index contributed by atoms with van der Waals surface area (Å²) in [5, 5.41) is 0. The van der Waals surface area contributed by atoms with E-state index in [1.54, 1.807) is 6.07 Å². The Kier molecular flexibility index (Phi) is 3.96. The smallest absolute Gasteiger partial charge is 0.298 e. The summed E-state index contributed by atoms with van der Waals surface area (Å²) >= 11 is 0. The van der Waals surface area contributed by atoms with Crippen molar-refractivity contribution in [2.45, 2.75) is 32.1 Å². The molecule has 2 aromatic carbocycles. The van der Waals surface area contributed by atoms with Crippen LogP contribution in [0.15, 0.2) is 42.5 Å². The first-order chi connectivity index (χ1) is 10.4. The number of rotatable bonds is 0. The molecule has 1 aliphatic rings. The lowest BCUT2D eigenvalue weighted by atomic mass is 9.97. The number of halogens is 3. The number of benzene rings is 2. The molecule has 0 aromatic heterocycles. The van der Waals surface area contributed by atoms with Gasteiger partial charge in [-0.3, -0.25) is 4.90 Å². The minimum absolute atomic E-state index is 0.535. The van der Waals surface area contributed by atoms with Crippen LogP contribution in [0, 0.1) is 0 Å².